The van der Waals surface area contributed by atoms with Crippen LogP contribution in [-0.4, -0.2) is 16.1 Å². The van der Waals surface area contributed by atoms with E-state index in [-0.39, 0.29) is 22.6 Å². The predicted molar refractivity (Wildman–Crippen MR) is 52.6 cm³/mol. The van der Waals surface area contributed by atoms with Crippen LogP contribution in [0.15, 0.2) is 23.8 Å². The topological polar surface area (TPSA) is 107 Å². The molecule has 5 nitrogen and oxygen atoms in total. The van der Waals surface area contributed by atoms with Crippen LogP contribution in [0.3, 0.4) is 0 Å². The third-order valence-corrected chi connectivity index (χ3v) is 1.70. The lowest BCUT2D eigenvalue weighted by atomic mass is 10.1. The fraction of sp³-hybridized carbons (Fsp3) is 0. The van der Waals surface area contributed by atoms with Gasteiger partial charge in [0.1, 0.15) is 23.1 Å². The number of phenolic OH excluding ortho intramolecular Hbond substituents is 2. The van der Waals surface area contributed by atoms with Crippen LogP contribution in [0.2, 0.25) is 0 Å². The average Bonchev–Trinajstić information content (AvgIpc) is 2.16. The number of primary amides is 1. The first-order valence-electron chi connectivity index (χ1n) is 3.98. The fourth-order valence-corrected chi connectivity index (χ4v) is 0.968. The second-order valence-electron chi connectivity index (χ2n) is 2.78. The lowest BCUT2D eigenvalue weighted by Crippen LogP contribution is -2.12. The first-order valence-corrected chi connectivity index (χ1v) is 3.98. The van der Waals surface area contributed by atoms with E-state index < -0.39 is 5.91 Å². The number of carbonyl (C=O) groups is 1. The lowest BCUT2D eigenvalue weighted by Gasteiger charge is -1.99. The van der Waals surface area contributed by atoms with Gasteiger partial charge in [-0.3, -0.25) is 4.79 Å². The summed E-state index contributed by atoms with van der Waals surface area (Å²) in [4.78, 5) is 10.7. The quantitative estimate of drug-likeness (QED) is 0.481. The Labute approximate surface area is 85.7 Å². The molecule has 0 heterocycles. The van der Waals surface area contributed by atoms with Gasteiger partial charge >= 0.3 is 0 Å². The number of benzene rings is 1. The monoisotopic (exact) mass is 204 g/mol. The normalized spacial score (nSPS) is 10.7. The minimum absolute atomic E-state index is 0.109. The molecule has 0 aliphatic rings. The molecule has 0 saturated carbocycles. The van der Waals surface area contributed by atoms with E-state index in [1.165, 1.54) is 12.1 Å². The fourth-order valence-electron chi connectivity index (χ4n) is 0.968. The van der Waals surface area contributed by atoms with Crippen molar-refractivity contribution in [3.63, 3.8) is 0 Å². The molecule has 1 aromatic rings. The number of hydrogen-bond acceptors (Lipinski definition) is 4. The highest BCUT2D eigenvalue weighted by Crippen LogP contribution is 2.24. The zero-order valence-electron chi connectivity index (χ0n) is 7.64. The zero-order chi connectivity index (χ0) is 11.4. The maximum atomic E-state index is 10.7. The molecular weight excluding hydrogens is 196 g/mol. The number of nitrogens with two attached hydrogens (primary N) is 1. The molecule has 0 bridgehead atoms. The molecule has 0 fully saturated rings. The molecule has 0 atom stereocenters. The minimum atomic E-state index is -0.870. The van der Waals surface area contributed by atoms with Gasteiger partial charge in [0.15, 0.2) is 0 Å². The summed E-state index contributed by atoms with van der Waals surface area (Å²) < 4.78 is 0. The molecule has 0 aliphatic heterocycles. The third-order valence-electron chi connectivity index (χ3n) is 1.70. The minimum Gasteiger partial charge on any atom is -0.508 e. The summed E-state index contributed by atoms with van der Waals surface area (Å²) in [6, 6.07) is 5.39. The van der Waals surface area contributed by atoms with Gasteiger partial charge in [0, 0.05) is 11.6 Å². The van der Waals surface area contributed by atoms with Crippen molar-refractivity contribution >= 4 is 12.0 Å². The van der Waals surface area contributed by atoms with E-state index in [9.17, 15) is 9.90 Å². The largest absolute Gasteiger partial charge is 0.508 e. The van der Waals surface area contributed by atoms with Gasteiger partial charge in [0.2, 0.25) is 0 Å². The number of nitriles is 1. The van der Waals surface area contributed by atoms with Crippen LogP contribution in [-0.2, 0) is 4.79 Å². The van der Waals surface area contributed by atoms with Gasteiger partial charge in [-0.2, -0.15) is 5.26 Å². The smallest absolute Gasteiger partial charge is 0.259 e. The second kappa shape index (κ2) is 4.15. The molecule has 0 spiro atoms. The summed E-state index contributed by atoms with van der Waals surface area (Å²) in [5.74, 6) is -1.21. The maximum Gasteiger partial charge on any atom is 0.259 e. The summed E-state index contributed by atoms with van der Waals surface area (Å²) in [5, 5.41) is 26.9. The highest BCUT2D eigenvalue weighted by molar-refractivity contribution is 6.00. The molecule has 0 aliphatic carbocycles. The summed E-state index contributed by atoms with van der Waals surface area (Å²) >= 11 is 0. The number of aromatic hydroxyl groups is 2. The number of hydrogen-bond donors (Lipinski definition) is 3. The molecular formula is C10H8N2O3. The third kappa shape index (κ3) is 2.48. The van der Waals surface area contributed by atoms with E-state index in [1.807, 2.05) is 0 Å². The van der Waals surface area contributed by atoms with E-state index in [1.54, 1.807) is 6.07 Å². The Balaban J connectivity index is 3.19. The van der Waals surface area contributed by atoms with Crippen molar-refractivity contribution in [3.05, 3.63) is 29.3 Å². The molecule has 0 radical (unpaired) electrons. The number of nitrogens with zero attached hydrogens (tertiary/aromatic N) is 1. The number of rotatable bonds is 2. The first-order chi connectivity index (χ1) is 7.04. The van der Waals surface area contributed by atoms with E-state index in [4.69, 9.17) is 16.1 Å². The maximum absolute atomic E-state index is 10.7. The van der Waals surface area contributed by atoms with Gasteiger partial charge in [0.25, 0.3) is 5.91 Å². The van der Waals surface area contributed by atoms with Gasteiger partial charge in [0.05, 0.1) is 0 Å². The Morgan fingerprint density at radius 1 is 1.47 bits per heavy atom. The Kier molecular flexibility index (Phi) is 2.94. The van der Waals surface area contributed by atoms with Crippen molar-refractivity contribution < 1.29 is 15.0 Å². The Morgan fingerprint density at radius 3 is 2.60 bits per heavy atom. The van der Waals surface area contributed by atoms with Gasteiger partial charge in [-0.05, 0) is 18.2 Å². The summed E-state index contributed by atoms with van der Waals surface area (Å²) in [6.45, 7) is 0. The van der Waals surface area contributed by atoms with Crippen molar-refractivity contribution in [3.8, 4) is 17.6 Å². The summed E-state index contributed by atoms with van der Waals surface area (Å²) in [5.41, 5.74) is 4.89. The van der Waals surface area contributed by atoms with E-state index >= 15 is 0 Å². The van der Waals surface area contributed by atoms with E-state index in [0.717, 1.165) is 12.1 Å². The second-order valence-corrected chi connectivity index (χ2v) is 2.78. The Morgan fingerprint density at radius 2 is 2.13 bits per heavy atom. The van der Waals surface area contributed by atoms with Gasteiger partial charge in [-0.25, -0.2) is 0 Å². The predicted octanol–water partition coefficient (Wildman–Crippen LogP) is 0.490. The molecule has 0 unspecified atom stereocenters. The molecule has 4 N–H and O–H groups in total. The molecule has 76 valence electrons. The van der Waals surface area contributed by atoms with Gasteiger partial charge in [-0.1, -0.05) is 0 Å². The summed E-state index contributed by atoms with van der Waals surface area (Å²) in [6.07, 6.45) is 1.15. The zero-order valence-corrected chi connectivity index (χ0v) is 7.64. The van der Waals surface area contributed by atoms with Crippen LogP contribution < -0.4 is 5.73 Å². The van der Waals surface area contributed by atoms with Crippen molar-refractivity contribution in [2.24, 2.45) is 5.73 Å². The van der Waals surface area contributed by atoms with Crippen LogP contribution >= 0.6 is 0 Å². The van der Waals surface area contributed by atoms with Crippen LogP contribution in [0.4, 0.5) is 0 Å². The Bertz CT molecular complexity index is 472. The average molecular weight is 204 g/mol. The molecule has 1 amide bonds. The van der Waals surface area contributed by atoms with E-state index in [0.29, 0.717) is 0 Å². The van der Waals surface area contributed by atoms with Gasteiger partial charge < -0.3 is 15.9 Å². The van der Waals surface area contributed by atoms with Crippen LogP contribution in [0, 0.1) is 11.3 Å². The summed E-state index contributed by atoms with van der Waals surface area (Å²) in [7, 11) is 0. The first kappa shape index (κ1) is 10.6. The van der Waals surface area contributed by atoms with Crippen LogP contribution in [0.25, 0.3) is 6.08 Å². The Hall–Kier alpha value is -2.48. The van der Waals surface area contributed by atoms with Gasteiger partial charge in [-0.15, -0.1) is 0 Å². The SMILES string of the molecule is N#C/C(=C\c1ccc(O)cc1O)C(N)=O. The van der Waals surface area contributed by atoms with Crippen molar-refractivity contribution in [1.82, 2.24) is 0 Å². The standard InChI is InChI=1S/C10H8N2O3/c11-5-7(10(12)15)3-6-1-2-8(13)4-9(6)14/h1-4,13-14H,(H2,12,15)/b7-3+. The lowest BCUT2D eigenvalue weighted by molar-refractivity contribution is -0.114. The highest BCUT2D eigenvalue weighted by Gasteiger charge is 2.06. The molecule has 1 rings (SSSR count). The molecule has 0 aromatic heterocycles. The molecule has 1 aromatic carbocycles. The molecule has 0 saturated heterocycles. The number of phenols is 2. The van der Waals surface area contributed by atoms with Crippen molar-refractivity contribution in [1.29, 1.82) is 5.26 Å². The van der Waals surface area contributed by atoms with Crippen LogP contribution in [0.5, 0.6) is 11.5 Å². The van der Waals surface area contributed by atoms with Crippen LogP contribution in [0.1, 0.15) is 5.56 Å². The van der Waals surface area contributed by atoms with E-state index in [2.05, 4.69) is 0 Å². The van der Waals surface area contributed by atoms with Crippen molar-refractivity contribution in [2.75, 3.05) is 0 Å². The molecule has 15 heavy (non-hydrogen) atoms. The number of amides is 1. The highest BCUT2D eigenvalue weighted by atomic mass is 16.3. The molecule has 5 heteroatoms. The number of carbonyl (C=O) groups excluding carboxylic acids is 1. The van der Waals surface area contributed by atoms with Crippen molar-refractivity contribution in [2.45, 2.75) is 0 Å².